The van der Waals surface area contributed by atoms with E-state index in [9.17, 15) is 4.79 Å². The molecule has 0 aliphatic rings. The number of aryl methyl sites for hydroxylation is 1. The number of ether oxygens (including phenoxy) is 1. The molecule has 166 valence electrons. The normalized spacial score (nSPS) is 10.6. The van der Waals surface area contributed by atoms with Gasteiger partial charge < -0.3 is 15.4 Å². The van der Waals surface area contributed by atoms with Gasteiger partial charge in [-0.15, -0.1) is 0 Å². The van der Waals surface area contributed by atoms with Gasteiger partial charge in [0.2, 0.25) is 0 Å². The Kier molecular flexibility index (Phi) is 5.86. The van der Waals surface area contributed by atoms with Crippen LogP contribution in [0.5, 0.6) is 11.5 Å². The van der Waals surface area contributed by atoms with Crippen LogP contribution in [-0.4, -0.2) is 15.9 Å². The molecule has 1 amide bonds. The molecule has 0 radical (unpaired) electrons. The Labute approximate surface area is 197 Å². The number of nitrogens with one attached hydrogen (secondary N) is 2. The Morgan fingerprint density at radius 1 is 0.794 bits per heavy atom. The molecule has 0 aliphatic heterocycles. The second-order valence-electron chi connectivity index (χ2n) is 7.80. The van der Waals surface area contributed by atoms with Crippen LogP contribution in [0, 0.1) is 6.92 Å². The van der Waals surface area contributed by atoms with Crippen LogP contribution in [0.3, 0.4) is 0 Å². The fourth-order valence-corrected chi connectivity index (χ4v) is 3.65. The SMILES string of the molecule is Cc1cc(Nc2ccc(C(=O)Nc3cccc(Oc4ccncc4)c3)cc2)c2ccccc2n1. The fraction of sp³-hybridized carbons (Fsp3) is 0.0357. The highest BCUT2D eigenvalue weighted by molar-refractivity contribution is 6.04. The molecule has 5 rings (SSSR count). The first-order chi connectivity index (χ1) is 16.6. The third-order valence-corrected chi connectivity index (χ3v) is 5.25. The summed E-state index contributed by atoms with van der Waals surface area (Å²) in [6.07, 6.45) is 3.33. The molecule has 2 aromatic heterocycles. The van der Waals surface area contributed by atoms with Crippen molar-refractivity contribution in [1.29, 1.82) is 0 Å². The van der Waals surface area contributed by atoms with E-state index < -0.39 is 0 Å². The number of carbonyl (C=O) groups excluding carboxylic acids is 1. The van der Waals surface area contributed by atoms with Gasteiger partial charge >= 0.3 is 0 Å². The second kappa shape index (κ2) is 9.42. The minimum Gasteiger partial charge on any atom is -0.457 e. The molecule has 0 fully saturated rings. The van der Waals surface area contributed by atoms with E-state index in [2.05, 4.69) is 20.6 Å². The number of pyridine rings is 2. The van der Waals surface area contributed by atoms with E-state index in [0.717, 1.165) is 28.0 Å². The van der Waals surface area contributed by atoms with Gasteiger partial charge in [-0.3, -0.25) is 14.8 Å². The summed E-state index contributed by atoms with van der Waals surface area (Å²) in [6, 6.07) is 28.2. The molecular weight excluding hydrogens is 424 g/mol. The quantitative estimate of drug-likeness (QED) is 0.303. The largest absolute Gasteiger partial charge is 0.457 e. The summed E-state index contributed by atoms with van der Waals surface area (Å²) in [5, 5.41) is 7.41. The van der Waals surface area contributed by atoms with Crippen LogP contribution in [0.1, 0.15) is 16.1 Å². The van der Waals surface area contributed by atoms with Gasteiger partial charge in [0.15, 0.2) is 0 Å². The van der Waals surface area contributed by atoms with Crippen molar-refractivity contribution in [1.82, 2.24) is 9.97 Å². The van der Waals surface area contributed by atoms with Crippen molar-refractivity contribution >= 4 is 33.9 Å². The van der Waals surface area contributed by atoms with Crippen LogP contribution < -0.4 is 15.4 Å². The van der Waals surface area contributed by atoms with Crippen LogP contribution >= 0.6 is 0 Å². The van der Waals surface area contributed by atoms with Gasteiger partial charge in [-0.1, -0.05) is 24.3 Å². The Hall–Kier alpha value is -4.71. The van der Waals surface area contributed by atoms with E-state index in [0.29, 0.717) is 22.7 Å². The van der Waals surface area contributed by atoms with Gasteiger partial charge in [0.25, 0.3) is 5.91 Å². The first kappa shape index (κ1) is 21.2. The van der Waals surface area contributed by atoms with E-state index in [4.69, 9.17) is 4.74 Å². The van der Waals surface area contributed by atoms with Gasteiger partial charge in [0.1, 0.15) is 11.5 Å². The Bertz CT molecular complexity index is 1450. The number of hydrogen-bond acceptors (Lipinski definition) is 5. The Balaban J connectivity index is 1.28. The van der Waals surface area contributed by atoms with Crippen molar-refractivity contribution in [2.45, 2.75) is 6.92 Å². The van der Waals surface area contributed by atoms with Crippen LogP contribution in [0.4, 0.5) is 17.1 Å². The summed E-state index contributed by atoms with van der Waals surface area (Å²) in [6.45, 7) is 1.97. The van der Waals surface area contributed by atoms with Crippen molar-refractivity contribution in [2.24, 2.45) is 0 Å². The molecule has 0 atom stereocenters. The van der Waals surface area contributed by atoms with Gasteiger partial charge in [-0.25, -0.2) is 0 Å². The van der Waals surface area contributed by atoms with E-state index in [1.807, 2.05) is 67.6 Å². The predicted molar refractivity (Wildman–Crippen MR) is 135 cm³/mol. The third-order valence-electron chi connectivity index (χ3n) is 5.25. The highest BCUT2D eigenvalue weighted by Gasteiger charge is 2.09. The molecule has 2 heterocycles. The smallest absolute Gasteiger partial charge is 0.255 e. The number of benzene rings is 3. The second-order valence-corrected chi connectivity index (χ2v) is 7.80. The molecule has 0 aliphatic carbocycles. The van der Waals surface area contributed by atoms with Crippen LogP contribution in [-0.2, 0) is 0 Å². The van der Waals surface area contributed by atoms with E-state index in [-0.39, 0.29) is 5.91 Å². The van der Waals surface area contributed by atoms with Crippen molar-refractivity contribution in [3.63, 3.8) is 0 Å². The van der Waals surface area contributed by atoms with Crippen molar-refractivity contribution < 1.29 is 9.53 Å². The molecule has 34 heavy (non-hydrogen) atoms. The third kappa shape index (κ3) is 4.86. The molecule has 0 bridgehead atoms. The first-order valence-electron chi connectivity index (χ1n) is 10.9. The standard InChI is InChI=1S/C28H22N4O2/c1-19-17-27(25-7-2-3-8-26(25)30-19)31-21-11-9-20(10-12-21)28(33)32-22-5-4-6-24(18-22)34-23-13-15-29-16-14-23/h2-18H,1H3,(H,30,31)(H,32,33). The zero-order valence-corrected chi connectivity index (χ0v) is 18.5. The fourth-order valence-electron chi connectivity index (χ4n) is 3.65. The number of nitrogens with zero attached hydrogens (tertiary/aromatic N) is 2. The summed E-state index contributed by atoms with van der Waals surface area (Å²) in [5.41, 5.74) is 4.95. The average molecular weight is 447 g/mol. The first-order valence-corrected chi connectivity index (χ1v) is 10.9. The van der Waals surface area contributed by atoms with Gasteiger partial charge in [0, 0.05) is 52.2 Å². The van der Waals surface area contributed by atoms with Crippen molar-refractivity contribution in [3.05, 3.63) is 115 Å². The summed E-state index contributed by atoms with van der Waals surface area (Å²) in [7, 11) is 0. The summed E-state index contributed by atoms with van der Waals surface area (Å²) in [5.74, 6) is 1.11. The van der Waals surface area contributed by atoms with Crippen LogP contribution in [0.25, 0.3) is 10.9 Å². The average Bonchev–Trinajstić information content (AvgIpc) is 2.85. The Morgan fingerprint density at radius 2 is 1.59 bits per heavy atom. The zero-order valence-electron chi connectivity index (χ0n) is 18.5. The maximum Gasteiger partial charge on any atom is 0.255 e. The number of amides is 1. The summed E-state index contributed by atoms with van der Waals surface area (Å²) in [4.78, 5) is 21.3. The topological polar surface area (TPSA) is 76.1 Å². The molecule has 6 nitrogen and oxygen atoms in total. The zero-order chi connectivity index (χ0) is 23.3. The minimum atomic E-state index is -0.196. The van der Waals surface area contributed by atoms with Crippen LogP contribution in [0.2, 0.25) is 0 Å². The summed E-state index contributed by atoms with van der Waals surface area (Å²) < 4.78 is 5.81. The molecule has 0 spiro atoms. The number of carbonyl (C=O) groups is 1. The number of para-hydroxylation sites is 1. The summed E-state index contributed by atoms with van der Waals surface area (Å²) >= 11 is 0. The maximum absolute atomic E-state index is 12.8. The molecule has 6 heteroatoms. The molecule has 5 aromatic rings. The molecule has 3 aromatic carbocycles. The van der Waals surface area contributed by atoms with Crippen molar-refractivity contribution in [3.8, 4) is 11.5 Å². The number of fused-ring (bicyclic) bond motifs is 1. The number of hydrogen-bond donors (Lipinski definition) is 2. The lowest BCUT2D eigenvalue weighted by molar-refractivity contribution is 0.102. The van der Waals surface area contributed by atoms with E-state index in [1.54, 1.807) is 42.7 Å². The lowest BCUT2D eigenvalue weighted by Crippen LogP contribution is -2.11. The van der Waals surface area contributed by atoms with E-state index in [1.165, 1.54) is 0 Å². The molecular formula is C28H22N4O2. The lowest BCUT2D eigenvalue weighted by Gasteiger charge is -2.12. The molecule has 2 N–H and O–H groups in total. The lowest BCUT2D eigenvalue weighted by atomic mass is 10.1. The van der Waals surface area contributed by atoms with Gasteiger partial charge in [-0.2, -0.15) is 0 Å². The van der Waals surface area contributed by atoms with Crippen LogP contribution in [0.15, 0.2) is 103 Å². The highest BCUT2D eigenvalue weighted by atomic mass is 16.5. The van der Waals surface area contributed by atoms with Gasteiger partial charge in [0.05, 0.1) is 5.52 Å². The monoisotopic (exact) mass is 446 g/mol. The number of anilines is 3. The molecule has 0 saturated heterocycles. The van der Waals surface area contributed by atoms with Crippen molar-refractivity contribution in [2.75, 3.05) is 10.6 Å². The number of rotatable bonds is 6. The maximum atomic E-state index is 12.8. The molecule has 0 unspecified atom stereocenters. The molecule has 0 saturated carbocycles. The minimum absolute atomic E-state index is 0.196. The predicted octanol–water partition coefficient (Wildman–Crippen LogP) is 6.73. The Morgan fingerprint density at radius 3 is 2.41 bits per heavy atom. The van der Waals surface area contributed by atoms with E-state index >= 15 is 0 Å². The van der Waals surface area contributed by atoms with Gasteiger partial charge in [-0.05, 0) is 67.6 Å². The highest BCUT2D eigenvalue weighted by Crippen LogP contribution is 2.27. The number of aromatic nitrogens is 2.